The molecule has 1 aliphatic carbocycles. The van der Waals surface area contributed by atoms with Gasteiger partial charge in [-0.15, -0.1) is 0 Å². The van der Waals surface area contributed by atoms with Gasteiger partial charge in [-0.2, -0.15) is 0 Å². The standard InChI is InChI=1S/C21H24N4O2S/c1-14-18(19(24-27-14)15-6-4-3-5-7-15)20(26)23-16-8-10-17(11-9-16)28-21-22-12-13-25(21)2/h3-7,12-13,16-17H,8-11H2,1-2H3,(H,23,26). The van der Waals surface area contributed by atoms with Crippen molar-refractivity contribution in [1.29, 1.82) is 0 Å². The van der Waals surface area contributed by atoms with Crippen LogP contribution in [0.25, 0.3) is 11.3 Å². The first-order valence-corrected chi connectivity index (χ1v) is 10.5. The van der Waals surface area contributed by atoms with E-state index in [1.807, 2.05) is 61.5 Å². The summed E-state index contributed by atoms with van der Waals surface area (Å²) in [5.74, 6) is 0.452. The smallest absolute Gasteiger partial charge is 0.257 e. The third-order valence-electron chi connectivity index (χ3n) is 5.20. The molecule has 0 bridgehead atoms. The van der Waals surface area contributed by atoms with Crippen molar-refractivity contribution in [3.8, 4) is 11.3 Å². The maximum absolute atomic E-state index is 12.9. The third-order valence-corrected chi connectivity index (χ3v) is 6.60. The molecular weight excluding hydrogens is 372 g/mol. The zero-order chi connectivity index (χ0) is 19.5. The summed E-state index contributed by atoms with van der Waals surface area (Å²) >= 11 is 1.83. The summed E-state index contributed by atoms with van der Waals surface area (Å²) in [4.78, 5) is 17.3. The number of hydrogen-bond acceptors (Lipinski definition) is 5. The number of hydrogen-bond donors (Lipinski definition) is 1. The summed E-state index contributed by atoms with van der Waals surface area (Å²) in [5, 5.41) is 8.91. The Morgan fingerprint density at radius 2 is 1.96 bits per heavy atom. The van der Waals surface area contributed by atoms with Gasteiger partial charge < -0.3 is 14.4 Å². The summed E-state index contributed by atoms with van der Waals surface area (Å²) < 4.78 is 7.38. The van der Waals surface area contributed by atoms with Crippen molar-refractivity contribution in [2.75, 3.05) is 0 Å². The molecule has 1 aliphatic rings. The van der Waals surface area contributed by atoms with Crippen molar-refractivity contribution >= 4 is 17.7 Å². The summed E-state index contributed by atoms with van der Waals surface area (Å²) in [6, 6.07) is 9.87. The molecule has 28 heavy (non-hydrogen) atoms. The quantitative estimate of drug-likeness (QED) is 0.699. The van der Waals surface area contributed by atoms with Gasteiger partial charge in [-0.25, -0.2) is 4.98 Å². The molecule has 1 fully saturated rings. The monoisotopic (exact) mass is 396 g/mol. The Hall–Kier alpha value is -2.54. The molecule has 0 unspecified atom stereocenters. The van der Waals surface area contributed by atoms with Gasteiger partial charge in [0.15, 0.2) is 5.16 Å². The largest absolute Gasteiger partial charge is 0.360 e. The molecule has 1 aromatic carbocycles. The number of nitrogens with one attached hydrogen (secondary N) is 1. The highest BCUT2D eigenvalue weighted by Crippen LogP contribution is 2.33. The van der Waals surface area contributed by atoms with Gasteiger partial charge in [-0.3, -0.25) is 4.79 Å². The van der Waals surface area contributed by atoms with Crippen LogP contribution in [-0.4, -0.2) is 31.9 Å². The van der Waals surface area contributed by atoms with Gasteiger partial charge in [0.1, 0.15) is 17.0 Å². The Balaban J connectivity index is 1.38. The third kappa shape index (κ3) is 3.99. The molecule has 146 valence electrons. The fraction of sp³-hybridized carbons (Fsp3) is 0.381. The Morgan fingerprint density at radius 3 is 2.64 bits per heavy atom. The highest BCUT2D eigenvalue weighted by molar-refractivity contribution is 7.99. The van der Waals surface area contributed by atoms with Gasteiger partial charge >= 0.3 is 0 Å². The SMILES string of the molecule is Cc1onc(-c2ccccc2)c1C(=O)NC1CCC(Sc2nccn2C)CC1. The number of carbonyl (C=O) groups is 1. The van der Waals surface area contributed by atoms with Gasteiger partial charge in [0, 0.05) is 36.3 Å². The molecule has 1 saturated carbocycles. The predicted molar refractivity (Wildman–Crippen MR) is 109 cm³/mol. The molecule has 0 spiro atoms. The van der Waals surface area contributed by atoms with Crippen LogP contribution in [0.15, 0.2) is 52.4 Å². The first-order chi connectivity index (χ1) is 13.6. The first kappa shape index (κ1) is 18.8. The second-order valence-electron chi connectivity index (χ2n) is 7.21. The first-order valence-electron chi connectivity index (χ1n) is 9.58. The minimum absolute atomic E-state index is 0.0993. The molecule has 7 heteroatoms. The molecular formula is C21H24N4O2S. The number of rotatable bonds is 5. The summed E-state index contributed by atoms with van der Waals surface area (Å²) in [7, 11) is 2.02. The van der Waals surface area contributed by atoms with Crippen LogP contribution in [-0.2, 0) is 7.05 Å². The van der Waals surface area contributed by atoms with E-state index in [1.165, 1.54) is 0 Å². The molecule has 0 atom stereocenters. The van der Waals surface area contributed by atoms with E-state index in [0.717, 1.165) is 36.4 Å². The number of thioether (sulfide) groups is 1. The van der Waals surface area contributed by atoms with Crippen molar-refractivity contribution in [2.45, 2.75) is 49.1 Å². The number of imidazole rings is 1. The molecule has 1 amide bonds. The Morgan fingerprint density at radius 1 is 1.21 bits per heavy atom. The number of benzene rings is 1. The molecule has 4 rings (SSSR count). The second-order valence-corrected chi connectivity index (χ2v) is 8.48. The molecule has 2 aromatic heterocycles. The van der Waals surface area contributed by atoms with Gasteiger partial charge in [0.2, 0.25) is 0 Å². The lowest BCUT2D eigenvalue weighted by Gasteiger charge is -2.28. The van der Waals surface area contributed by atoms with Crippen LogP contribution in [0.4, 0.5) is 0 Å². The molecule has 3 aromatic rings. The lowest BCUT2D eigenvalue weighted by atomic mass is 9.94. The average molecular weight is 397 g/mol. The average Bonchev–Trinajstić information content (AvgIpc) is 3.29. The van der Waals surface area contributed by atoms with Gasteiger partial charge in [-0.1, -0.05) is 47.3 Å². The lowest BCUT2D eigenvalue weighted by Crippen LogP contribution is -2.38. The van der Waals surface area contributed by atoms with E-state index in [-0.39, 0.29) is 11.9 Å². The maximum atomic E-state index is 12.9. The Kier molecular flexibility index (Phi) is 5.52. The van der Waals surface area contributed by atoms with E-state index in [0.29, 0.717) is 22.3 Å². The van der Waals surface area contributed by atoms with E-state index in [1.54, 1.807) is 6.92 Å². The van der Waals surface area contributed by atoms with Gasteiger partial charge in [0.05, 0.1) is 0 Å². The minimum Gasteiger partial charge on any atom is -0.360 e. The van der Waals surface area contributed by atoms with Crippen molar-refractivity contribution in [2.24, 2.45) is 7.05 Å². The van der Waals surface area contributed by atoms with E-state index in [9.17, 15) is 4.79 Å². The Labute approximate surface area is 168 Å². The highest BCUT2D eigenvalue weighted by Gasteiger charge is 2.27. The van der Waals surface area contributed by atoms with Crippen LogP contribution in [0, 0.1) is 6.92 Å². The molecule has 0 radical (unpaired) electrons. The van der Waals surface area contributed by atoms with Crippen LogP contribution < -0.4 is 5.32 Å². The van der Waals surface area contributed by atoms with Crippen LogP contribution in [0.2, 0.25) is 0 Å². The van der Waals surface area contributed by atoms with Crippen molar-refractivity contribution in [3.63, 3.8) is 0 Å². The van der Waals surface area contributed by atoms with E-state index >= 15 is 0 Å². The zero-order valence-corrected chi connectivity index (χ0v) is 16.9. The van der Waals surface area contributed by atoms with Gasteiger partial charge in [-0.05, 0) is 32.6 Å². The number of aryl methyl sites for hydroxylation is 2. The van der Waals surface area contributed by atoms with E-state index < -0.39 is 0 Å². The topological polar surface area (TPSA) is 73.0 Å². The molecule has 0 aliphatic heterocycles. The van der Waals surface area contributed by atoms with Crippen molar-refractivity contribution in [1.82, 2.24) is 20.0 Å². The predicted octanol–water partition coefficient (Wildman–Crippen LogP) is 4.22. The highest BCUT2D eigenvalue weighted by atomic mass is 32.2. The van der Waals surface area contributed by atoms with E-state index in [4.69, 9.17) is 4.52 Å². The molecule has 1 N–H and O–H groups in total. The van der Waals surface area contributed by atoms with Crippen LogP contribution >= 0.6 is 11.8 Å². The number of amides is 1. The second kappa shape index (κ2) is 8.22. The van der Waals surface area contributed by atoms with Crippen LogP contribution in [0.3, 0.4) is 0 Å². The fourth-order valence-electron chi connectivity index (χ4n) is 3.63. The van der Waals surface area contributed by atoms with Crippen molar-refractivity contribution in [3.05, 3.63) is 54.0 Å². The minimum atomic E-state index is -0.0993. The fourth-order valence-corrected chi connectivity index (χ4v) is 4.78. The summed E-state index contributed by atoms with van der Waals surface area (Å²) in [5.41, 5.74) is 2.03. The van der Waals surface area contributed by atoms with Crippen LogP contribution in [0.1, 0.15) is 41.8 Å². The van der Waals surface area contributed by atoms with Gasteiger partial charge in [0.25, 0.3) is 5.91 Å². The molecule has 2 heterocycles. The lowest BCUT2D eigenvalue weighted by molar-refractivity contribution is 0.0927. The zero-order valence-electron chi connectivity index (χ0n) is 16.1. The number of nitrogens with zero attached hydrogens (tertiary/aromatic N) is 3. The van der Waals surface area contributed by atoms with Crippen molar-refractivity contribution < 1.29 is 9.32 Å². The summed E-state index contributed by atoms with van der Waals surface area (Å²) in [6.07, 6.45) is 7.88. The van der Waals surface area contributed by atoms with E-state index in [2.05, 4.69) is 20.0 Å². The maximum Gasteiger partial charge on any atom is 0.257 e. The number of aromatic nitrogens is 3. The van der Waals surface area contributed by atoms with Crippen LogP contribution in [0.5, 0.6) is 0 Å². The summed E-state index contributed by atoms with van der Waals surface area (Å²) in [6.45, 7) is 1.79. The number of carbonyl (C=O) groups excluding carboxylic acids is 1. The molecule has 6 nitrogen and oxygen atoms in total. The normalized spacial score (nSPS) is 19.5. The molecule has 0 saturated heterocycles. The Bertz CT molecular complexity index is 942.